The zero-order chi connectivity index (χ0) is 16.3. The van der Waals surface area contributed by atoms with E-state index in [0.29, 0.717) is 10.6 Å². The van der Waals surface area contributed by atoms with Crippen LogP contribution < -0.4 is 5.32 Å². The van der Waals surface area contributed by atoms with Crippen molar-refractivity contribution in [2.75, 3.05) is 5.32 Å². The van der Waals surface area contributed by atoms with Crippen LogP contribution in [-0.4, -0.2) is 5.91 Å². The molecule has 0 bridgehead atoms. The van der Waals surface area contributed by atoms with E-state index in [9.17, 15) is 4.79 Å². The average molecular weight is 312 g/mol. The van der Waals surface area contributed by atoms with Crippen molar-refractivity contribution in [2.45, 2.75) is 26.2 Å². The fourth-order valence-corrected chi connectivity index (χ4v) is 2.18. The summed E-state index contributed by atoms with van der Waals surface area (Å²) in [6, 6.07) is 12.8. The SMILES string of the molecule is C#CC(C)(C)c1cccc(NC(=O)c2ccc(Cl)c(C)c2)c1. The summed E-state index contributed by atoms with van der Waals surface area (Å²) in [6.45, 7) is 5.81. The molecule has 0 heterocycles. The number of hydrogen-bond acceptors (Lipinski definition) is 1. The van der Waals surface area contributed by atoms with Gasteiger partial charge in [-0.15, -0.1) is 6.42 Å². The Morgan fingerprint density at radius 3 is 2.59 bits per heavy atom. The molecule has 0 atom stereocenters. The van der Waals surface area contributed by atoms with E-state index in [1.165, 1.54) is 0 Å². The number of carbonyl (C=O) groups excluding carboxylic acids is 1. The number of benzene rings is 2. The van der Waals surface area contributed by atoms with Gasteiger partial charge in [0.25, 0.3) is 5.91 Å². The normalized spacial score (nSPS) is 10.9. The smallest absolute Gasteiger partial charge is 0.255 e. The quantitative estimate of drug-likeness (QED) is 0.810. The summed E-state index contributed by atoms with van der Waals surface area (Å²) >= 11 is 5.98. The molecule has 0 spiro atoms. The Balaban J connectivity index is 2.24. The van der Waals surface area contributed by atoms with Crippen molar-refractivity contribution in [3.8, 4) is 12.3 Å². The Morgan fingerprint density at radius 1 is 1.23 bits per heavy atom. The molecule has 2 aromatic rings. The van der Waals surface area contributed by atoms with E-state index in [0.717, 1.165) is 16.8 Å². The predicted octanol–water partition coefficient (Wildman–Crippen LogP) is 4.81. The van der Waals surface area contributed by atoms with Gasteiger partial charge >= 0.3 is 0 Å². The van der Waals surface area contributed by atoms with Crippen molar-refractivity contribution in [1.29, 1.82) is 0 Å². The number of aryl methyl sites for hydroxylation is 1. The number of amides is 1. The molecule has 0 unspecified atom stereocenters. The lowest BCUT2D eigenvalue weighted by Gasteiger charge is -2.19. The van der Waals surface area contributed by atoms with E-state index < -0.39 is 0 Å². The van der Waals surface area contributed by atoms with Crippen LogP contribution in [0.4, 0.5) is 5.69 Å². The van der Waals surface area contributed by atoms with Crippen LogP contribution in [0.2, 0.25) is 5.02 Å². The van der Waals surface area contributed by atoms with E-state index in [2.05, 4.69) is 11.2 Å². The molecule has 0 saturated heterocycles. The van der Waals surface area contributed by atoms with Gasteiger partial charge in [0.2, 0.25) is 0 Å². The molecule has 0 aromatic heterocycles. The van der Waals surface area contributed by atoms with Crippen LogP contribution in [-0.2, 0) is 5.41 Å². The minimum Gasteiger partial charge on any atom is -0.322 e. The van der Waals surface area contributed by atoms with E-state index in [1.54, 1.807) is 18.2 Å². The van der Waals surface area contributed by atoms with Gasteiger partial charge in [0, 0.05) is 16.3 Å². The maximum Gasteiger partial charge on any atom is 0.255 e. The molecule has 2 aromatic carbocycles. The molecule has 0 aliphatic carbocycles. The van der Waals surface area contributed by atoms with Crippen LogP contribution in [0.15, 0.2) is 42.5 Å². The number of halogens is 1. The zero-order valence-electron chi connectivity index (χ0n) is 12.9. The van der Waals surface area contributed by atoms with E-state index >= 15 is 0 Å². The van der Waals surface area contributed by atoms with Crippen LogP contribution in [0.1, 0.15) is 35.3 Å². The molecule has 3 heteroatoms. The number of hydrogen-bond donors (Lipinski definition) is 1. The fraction of sp³-hybridized carbons (Fsp3) is 0.211. The highest BCUT2D eigenvalue weighted by Crippen LogP contribution is 2.25. The zero-order valence-corrected chi connectivity index (χ0v) is 13.7. The highest BCUT2D eigenvalue weighted by atomic mass is 35.5. The minimum absolute atomic E-state index is 0.171. The largest absolute Gasteiger partial charge is 0.322 e. The third-order valence-electron chi connectivity index (χ3n) is 3.62. The van der Waals surface area contributed by atoms with Crippen LogP contribution in [0.25, 0.3) is 0 Å². The van der Waals surface area contributed by atoms with Gasteiger partial charge in [-0.25, -0.2) is 0 Å². The van der Waals surface area contributed by atoms with Gasteiger partial charge in [0.05, 0.1) is 5.41 Å². The summed E-state index contributed by atoms with van der Waals surface area (Å²) in [4.78, 5) is 12.3. The molecule has 2 rings (SSSR count). The molecule has 0 saturated carbocycles. The summed E-state index contributed by atoms with van der Waals surface area (Å²) in [5.74, 6) is 2.59. The Hall–Kier alpha value is -2.24. The minimum atomic E-state index is -0.377. The lowest BCUT2D eigenvalue weighted by molar-refractivity contribution is 0.102. The van der Waals surface area contributed by atoms with Crippen molar-refractivity contribution >= 4 is 23.2 Å². The molecule has 1 amide bonds. The lowest BCUT2D eigenvalue weighted by atomic mass is 9.85. The number of rotatable bonds is 3. The number of anilines is 1. The van der Waals surface area contributed by atoms with Crippen LogP contribution in [0.3, 0.4) is 0 Å². The van der Waals surface area contributed by atoms with Gasteiger partial charge in [-0.3, -0.25) is 4.79 Å². The van der Waals surface area contributed by atoms with Gasteiger partial charge in [0.1, 0.15) is 0 Å². The fourth-order valence-electron chi connectivity index (χ4n) is 2.06. The molecule has 0 aliphatic heterocycles. The third kappa shape index (κ3) is 3.50. The molecule has 0 fully saturated rings. The molecule has 112 valence electrons. The van der Waals surface area contributed by atoms with Crippen molar-refractivity contribution in [3.05, 3.63) is 64.2 Å². The van der Waals surface area contributed by atoms with Crippen LogP contribution >= 0.6 is 11.6 Å². The first kappa shape index (κ1) is 16.1. The summed E-state index contributed by atoms with van der Waals surface area (Å²) in [5, 5.41) is 3.54. The van der Waals surface area contributed by atoms with Crippen molar-refractivity contribution in [2.24, 2.45) is 0 Å². The van der Waals surface area contributed by atoms with Gasteiger partial charge in [0.15, 0.2) is 0 Å². The first-order chi connectivity index (χ1) is 10.3. The van der Waals surface area contributed by atoms with Gasteiger partial charge < -0.3 is 5.32 Å². The van der Waals surface area contributed by atoms with Gasteiger partial charge in [-0.2, -0.15) is 0 Å². The predicted molar refractivity (Wildman–Crippen MR) is 92.4 cm³/mol. The first-order valence-corrected chi connectivity index (χ1v) is 7.37. The molecule has 0 aliphatic rings. The summed E-state index contributed by atoms with van der Waals surface area (Å²) in [5.41, 5.74) is 2.77. The highest BCUT2D eigenvalue weighted by molar-refractivity contribution is 6.31. The van der Waals surface area contributed by atoms with Gasteiger partial charge in [-0.05, 0) is 62.2 Å². The molecule has 1 N–H and O–H groups in total. The second-order valence-electron chi connectivity index (χ2n) is 5.77. The number of terminal acetylenes is 1. The van der Waals surface area contributed by atoms with Crippen molar-refractivity contribution in [3.63, 3.8) is 0 Å². The first-order valence-electron chi connectivity index (χ1n) is 6.99. The highest BCUT2D eigenvalue weighted by Gasteiger charge is 2.17. The maximum atomic E-state index is 12.3. The monoisotopic (exact) mass is 311 g/mol. The van der Waals surface area contributed by atoms with Crippen molar-refractivity contribution in [1.82, 2.24) is 0 Å². The van der Waals surface area contributed by atoms with E-state index in [-0.39, 0.29) is 11.3 Å². The molecule has 0 radical (unpaired) electrons. The summed E-state index contributed by atoms with van der Waals surface area (Å²) in [6.07, 6.45) is 5.56. The van der Waals surface area contributed by atoms with Crippen LogP contribution in [0.5, 0.6) is 0 Å². The summed E-state index contributed by atoms with van der Waals surface area (Å²) in [7, 11) is 0. The average Bonchev–Trinajstić information content (AvgIpc) is 2.50. The lowest BCUT2D eigenvalue weighted by Crippen LogP contribution is -2.16. The molecular weight excluding hydrogens is 294 g/mol. The third-order valence-corrected chi connectivity index (χ3v) is 4.05. The van der Waals surface area contributed by atoms with E-state index in [4.69, 9.17) is 18.0 Å². The number of carbonyl (C=O) groups is 1. The second kappa shape index (κ2) is 6.25. The Bertz CT molecular complexity index is 756. The van der Waals surface area contributed by atoms with Crippen molar-refractivity contribution < 1.29 is 4.79 Å². The Labute approximate surface area is 136 Å². The maximum absolute atomic E-state index is 12.3. The number of nitrogens with one attached hydrogen (secondary N) is 1. The second-order valence-corrected chi connectivity index (χ2v) is 6.18. The molecule has 22 heavy (non-hydrogen) atoms. The topological polar surface area (TPSA) is 29.1 Å². The summed E-state index contributed by atoms with van der Waals surface area (Å²) < 4.78 is 0. The molecular formula is C19H18ClNO. The Kier molecular flexibility index (Phi) is 4.59. The standard InChI is InChI=1S/C19H18ClNO/c1-5-19(3,4)15-7-6-8-16(12-15)21-18(22)14-9-10-17(20)13(2)11-14/h1,6-12H,2-4H3,(H,21,22). The van der Waals surface area contributed by atoms with E-state index in [1.807, 2.05) is 45.0 Å². The Morgan fingerprint density at radius 2 is 1.95 bits per heavy atom. The molecule has 2 nitrogen and oxygen atoms in total. The van der Waals surface area contributed by atoms with Crippen LogP contribution in [0, 0.1) is 19.3 Å². The van der Waals surface area contributed by atoms with Gasteiger partial charge in [-0.1, -0.05) is 29.7 Å².